The van der Waals surface area contributed by atoms with Crippen LogP contribution >= 0.6 is 0 Å². The molecule has 0 spiro atoms. The van der Waals surface area contributed by atoms with Gasteiger partial charge in [0.25, 0.3) is 0 Å². The number of hydrogen-bond acceptors (Lipinski definition) is 4. The Hall–Kier alpha value is -3.22. The molecule has 1 aliphatic rings. The van der Waals surface area contributed by atoms with Gasteiger partial charge in [-0.05, 0) is 42.5 Å². The average Bonchev–Trinajstić information content (AvgIpc) is 3.18. The van der Waals surface area contributed by atoms with Crippen molar-refractivity contribution in [1.82, 2.24) is 4.98 Å². The second-order valence-electron chi connectivity index (χ2n) is 6.29. The number of halogens is 1. The van der Waals surface area contributed by atoms with Gasteiger partial charge < -0.3 is 14.6 Å². The number of hydrogen-bond donors (Lipinski definition) is 1. The van der Waals surface area contributed by atoms with Crippen molar-refractivity contribution in [3.05, 3.63) is 54.2 Å². The number of oxazole rings is 1. The van der Waals surface area contributed by atoms with E-state index in [0.717, 1.165) is 0 Å². The van der Waals surface area contributed by atoms with Crippen LogP contribution in [0.4, 0.5) is 15.8 Å². The van der Waals surface area contributed by atoms with Crippen LogP contribution in [0.5, 0.6) is 0 Å². The van der Waals surface area contributed by atoms with Gasteiger partial charge in [0, 0.05) is 31.3 Å². The third-order valence-electron chi connectivity index (χ3n) is 4.40. The molecule has 26 heavy (non-hydrogen) atoms. The molecule has 4 rings (SSSR count). The van der Waals surface area contributed by atoms with Crippen molar-refractivity contribution in [2.24, 2.45) is 5.92 Å². The zero-order chi connectivity index (χ0) is 18.3. The van der Waals surface area contributed by atoms with Gasteiger partial charge >= 0.3 is 0 Å². The lowest BCUT2D eigenvalue weighted by molar-refractivity contribution is -0.122. The topological polar surface area (TPSA) is 75.4 Å². The molecule has 1 aliphatic heterocycles. The van der Waals surface area contributed by atoms with Crippen molar-refractivity contribution in [2.75, 3.05) is 16.8 Å². The van der Waals surface area contributed by atoms with E-state index in [4.69, 9.17) is 4.42 Å². The van der Waals surface area contributed by atoms with Crippen LogP contribution < -0.4 is 10.2 Å². The van der Waals surface area contributed by atoms with Gasteiger partial charge in [0.2, 0.25) is 11.8 Å². The Bertz CT molecular complexity index is 997. The van der Waals surface area contributed by atoms with Crippen LogP contribution in [0.2, 0.25) is 0 Å². The van der Waals surface area contributed by atoms with E-state index in [1.165, 1.54) is 24.3 Å². The van der Waals surface area contributed by atoms with E-state index in [0.29, 0.717) is 28.4 Å². The molecule has 6 nitrogen and oxygen atoms in total. The molecule has 1 saturated heterocycles. The molecule has 1 atom stereocenters. The minimum absolute atomic E-state index is 0.121. The summed E-state index contributed by atoms with van der Waals surface area (Å²) < 4.78 is 18.4. The third kappa shape index (κ3) is 3.03. The lowest BCUT2D eigenvalue weighted by atomic mass is 10.1. The number of carbonyl (C=O) groups is 2. The maximum Gasteiger partial charge on any atom is 0.229 e. The highest BCUT2D eigenvalue weighted by atomic mass is 19.1. The monoisotopic (exact) mass is 353 g/mol. The van der Waals surface area contributed by atoms with Gasteiger partial charge in [0.05, 0.1) is 5.92 Å². The zero-order valence-corrected chi connectivity index (χ0v) is 14.0. The molecule has 2 amide bonds. The first-order chi connectivity index (χ1) is 12.5. The van der Waals surface area contributed by atoms with E-state index in [9.17, 15) is 14.0 Å². The quantitative estimate of drug-likeness (QED) is 0.784. The number of carbonyl (C=O) groups excluding carboxylic acids is 2. The third-order valence-corrected chi connectivity index (χ3v) is 4.40. The zero-order valence-electron chi connectivity index (χ0n) is 14.0. The lowest BCUT2D eigenvalue weighted by Crippen LogP contribution is -2.28. The van der Waals surface area contributed by atoms with Crippen LogP contribution in [0, 0.1) is 18.7 Å². The molecular formula is C19H16FN3O3. The largest absolute Gasteiger partial charge is 0.441 e. The number of benzene rings is 2. The molecule has 132 valence electrons. The van der Waals surface area contributed by atoms with Crippen molar-refractivity contribution in [3.63, 3.8) is 0 Å². The van der Waals surface area contributed by atoms with E-state index >= 15 is 0 Å². The fourth-order valence-corrected chi connectivity index (χ4v) is 3.11. The van der Waals surface area contributed by atoms with Crippen LogP contribution in [-0.2, 0) is 9.59 Å². The molecule has 2 aromatic carbocycles. The predicted molar refractivity (Wildman–Crippen MR) is 94.2 cm³/mol. The first-order valence-corrected chi connectivity index (χ1v) is 8.23. The van der Waals surface area contributed by atoms with Crippen LogP contribution in [0.25, 0.3) is 11.1 Å². The van der Waals surface area contributed by atoms with Crippen molar-refractivity contribution in [2.45, 2.75) is 13.3 Å². The molecule has 3 aromatic rings. The Morgan fingerprint density at radius 1 is 1.27 bits per heavy atom. The van der Waals surface area contributed by atoms with Gasteiger partial charge in [-0.15, -0.1) is 0 Å². The molecule has 0 bridgehead atoms. The van der Waals surface area contributed by atoms with Gasteiger partial charge in [0.15, 0.2) is 11.5 Å². The smallest absolute Gasteiger partial charge is 0.229 e. The highest BCUT2D eigenvalue weighted by molar-refractivity contribution is 6.04. The number of aryl methyl sites for hydroxylation is 1. The van der Waals surface area contributed by atoms with E-state index in [2.05, 4.69) is 10.3 Å². The van der Waals surface area contributed by atoms with E-state index in [1.807, 2.05) is 0 Å². The molecule has 0 aliphatic carbocycles. The van der Waals surface area contributed by atoms with Gasteiger partial charge in [-0.3, -0.25) is 9.59 Å². The van der Waals surface area contributed by atoms with E-state index in [-0.39, 0.29) is 30.6 Å². The van der Waals surface area contributed by atoms with Gasteiger partial charge in [0.1, 0.15) is 11.3 Å². The Balaban J connectivity index is 1.50. The van der Waals surface area contributed by atoms with Crippen molar-refractivity contribution < 1.29 is 18.4 Å². The summed E-state index contributed by atoms with van der Waals surface area (Å²) in [4.78, 5) is 30.7. The van der Waals surface area contributed by atoms with Crippen LogP contribution in [-0.4, -0.2) is 23.3 Å². The standard InChI is InChI=1S/C19H16FN3O3/c1-11-21-16-9-15(6-7-17(16)26-11)23-10-12(8-18(23)24)19(25)22-14-4-2-13(20)3-5-14/h2-7,9,12H,8,10H2,1H3,(H,22,25). The Kier molecular flexibility index (Phi) is 3.91. The Morgan fingerprint density at radius 2 is 2.04 bits per heavy atom. The first-order valence-electron chi connectivity index (χ1n) is 8.23. The highest BCUT2D eigenvalue weighted by Gasteiger charge is 2.35. The Labute approximate surface area is 148 Å². The fourth-order valence-electron chi connectivity index (χ4n) is 3.11. The average molecular weight is 353 g/mol. The summed E-state index contributed by atoms with van der Waals surface area (Å²) >= 11 is 0. The van der Waals surface area contributed by atoms with E-state index in [1.54, 1.807) is 30.0 Å². The number of aromatic nitrogens is 1. The maximum atomic E-state index is 13.0. The fraction of sp³-hybridized carbons (Fsp3) is 0.211. The molecule has 1 N–H and O–H groups in total. The van der Waals surface area contributed by atoms with Gasteiger partial charge in [-0.25, -0.2) is 9.37 Å². The van der Waals surface area contributed by atoms with Crippen LogP contribution in [0.15, 0.2) is 46.9 Å². The minimum atomic E-state index is -0.470. The van der Waals surface area contributed by atoms with Gasteiger partial charge in [-0.1, -0.05) is 0 Å². The van der Waals surface area contributed by atoms with Crippen molar-refractivity contribution in [3.8, 4) is 0 Å². The molecule has 2 heterocycles. The molecule has 1 fully saturated rings. The molecular weight excluding hydrogens is 337 g/mol. The summed E-state index contributed by atoms with van der Waals surface area (Å²) in [7, 11) is 0. The van der Waals surface area contributed by atoms with Crippen molar-refractivity contribution in [1.29, 1.82) is 0 Å². The second kappa shape index (κ2) is 6.25. The first kappa shape index (κ1) is 16.3. The minimum Gasteiger partial charge on any atom is -0.441 e. The lowest BCUT2D eigenvalue weighted by Gasteiger charge is -2.16. The van der Waals surface area contributed by atoms with Crippen molar-refractivity contribution >= 4 is 34.3 Å². The summed E-state index contributed by atoms with van der Waals surface area (Å²) in [6.45, 7) is 2.05. The molecule has 0 saturated carbocycles. The summed E-state index contributed by atoms with van der Waals surface area (Å²) in [6, 6.07) is 10.9. The molecule has 1 aromatic heterocycles. The predicted octanol–water partition coefficient (Wildman–Crippen LogP) is 3.27. The van der Waals surface area contributed by atoms with E-state index < -0.39 is 5.92 Å². The van der Waals surface area contributed by atoms with Gasteiger partial charge in [-0.2, -0.15) is 0 Å². The number of nitrogens with zero attached hydrogens (tertiary/aromatic N) is 2. The number of nitrogens with one attached hydrogen (secondary N) is 1. The summed E-state index contributed by atoms with van der Waals surface area (Å²) in [5.41, 5.74) is 2.52. The number of amides is 2. The number of rotatable bonds is 3. The number of anilines is 2. The summed E-state index contributed by atoms with van der Waals surface area (Å²) in [5.74, 6) is -0.665. The summed E-state index contributed by atoms with van der Waals surface area (Å²) in [6.07, 6.45) is 0.128. The molecule has 0 radical (unpaired) electrons. The van der Waals surface area contributed by atoms with Crippen LogP contribution in [0.1, 0.15) is 12.3 Å². The molecule has 7 heteroatoms. The number of fused-ring (bicyclic) bond motifs is 1. The maximum absolute atomic E-state index is 13.0. The highest BCUT2D eigenvalue weighted by Crippen LogP contribution is 2.29. The summed E-state index contributed by atoms with van der Waals surface area (Å²) in [5, 5.41) is 2.72. The molecule has 1 unspecified atom stereocenters. The SMILES string of the molecule is Cc1nc2cc(N3CC(C(=O)Nc4ccc(F)cc4)CC3=O)ccc2o1. The Morgan fingerprint density at radius 3 is 2.81 bits per heavy atom. The second-order valence-corrected chi connectivity index (χ2v) is 6.29. The van der Waals surface area contributed by atoms with Crippen LogP contribution in [0.3, 0.4) is 0 Å². The normalized spacial score (nSPS) is 17.1.